The molecular weight excluding hydrogens is 196 g/mol. The van der Waals surface area contributed by atoms with Crippen molar-refractivity contribution >= 4 is 10.9 Å². The molecule has 1 aromatic carbocycles. The number of nitrogens with one attached hydrogen (secondary N) is 2. The highest BCUT2D eigenvalue weighted by Gasteiger charge is 2.14. The third-order valence-corrected chi connectivity index (χ3v) is 3.00. The Labute approximate surface area is 97.1 Å². The number of aromatic amines is 1. The van der Waals surface area contributed by atoms with Crippen LogP contribution in [0.4, 0.5) is 0 Å². The summed E-state index contributed by atoms with van der Waals surface area (Å²) in [6.45, 7) is 8.26. The van der Waals surface area contributed by atoms with Crippen molar-refractivity contribution in [2.45, 2.75) is 33.7 Å². The molecule has 86 valence electrons. The highest BCUT2D eigenvalue weighted by Crippen LogP contribution is 2.25. The predicted octanol–water partition coefficient (Wildman–Crippen LogP) is 3.15. The zero-order valence-electron chi connectivity index (χ0n) is 10.4. The van der Waals surface area contributed by atoms with Crippen LogP contribution in [0.1, 0.15) is 30.7 Å². The van der Waals surface area contributed by atoms with Gasteiger partial charge in [-0.25, -0.2) is 0 Å². The van der Waals surface area contributed by atoms with Crippen LogP contribution in [0.25, 0.3) is 10.9 Å². The van der Waals surface area contributed by atoms with E-state index in [1.807, 2.05) is 13.8 Å². The molecule has 0 radical (unpaired) electrons. The summed E-state index contributed by atoms with van der Waals surface area (Å²) in [5.74, 6) is 0. The average molecular weight is 216 g/mol. The lowest BCUT2D eigenvalue weighted by molar-refractivity contribution is 0.641. The Balaban J connectivity index is 0.000000457. The van der Waals surface area contributed by atoms with Crippen molar-refractivity contribution in [1.29, 1.82) is 0 Å². The van der Waals surface area contributed by atoms with Crippen molar-refractivity contribution in [2.24, 2.45) is 0 Å². The Hall–Kier alpha value is -1.28. The molecule has 0 atom stereocenters. The number of fused-ring (bicyclic) bond motifs is 3. The minimum Gasteiger partial charge on any atom is -0.358 e. The molecule has 16 heavy (non-hydrogen) atoms. The molecule has 3 rings (SSSR count). The van der Waals surface area contributed by atoms with Gasteiger partial charge in [0.25, 0.3) is 0 Å². The van der Waals surface area contributed by atoms with Crippen molar-refractivity contribution in [3.63, 3.8) is 0 Å². The van der Waals surface area contributed by atoms with Crippen LogP contribution in [0.5, 0.6) is 0 Å². The van der Waals surface area contributed by atoms with Crippen LogP contribution in [0.15, 0.2) is 18.2 Å². The van der Waals surface area contributed by atoms with Gasteiger partial charge in [-0.2, -0.15) is 0 Å². The van der Waals surface area contributed by atoms with E-state index in [-0.39, 0.29) is 0 Å². The van der Waals surface area contributed by atoms with Crippen molar-refractivity contribution in [2.75, 3.05) is 6.54 Å². The highest BCUT2D eigenvalue weighted by molar-refractivity contribution is 5.85. The molecule has 0 fully saturated rings. The molecule has 0 amide bonds. The Kier molecular flexibility index (Phi) is 3.30. The lowest BCUT2D eigenvalue weighted by Crippen LogP contribution is -2.22. The van der Waals surface area contributed by atoms with Gasteiger partial charge in [0.15, 0.2) is 0 Å². The van der Waals surface area contributed by atoms with E-state index >= 15 is 0 Å². The quantitative estimate of drug-likeness (QED) is 0.695. The van der Waals surface area contributed by atoms with Gasteiger partial charge < -0.3 is 10.3 Å². The van der Waals surface area contributed by atoms with Crippen molar-refractivity contribution in [3.05, 3.63) is 35.0 Å². The third-order valence-electron chi connectivity index (χ3n) is 3.00. The minimum atomic E-state index is 1.01. The molecule has 0 saturated heterocycles. The Morgan fingerprint density at radius 3 is 2.81 bits per heavy atom. The van der Waals surface area contributed by atoms with Crippen LogP contribution in [-0.2, 0) is 13.0 Å². The fraction of sp³-hybridized carbons (Fsp3) is 0.429. The van der Waals surface area contributed by atoms with Crippen LogP contribution in [0.2, 0.25) is 0 Å². The van der Waals surface area contributed by atoms with Gasteiger partial charge in [-0.05, 0) is 24.6 Å². The highest BCUT2D eigenvalue weighted by atomic mass is 14.9. The maximum atomic E-state index is 3.50. The molecule has 0 spiro atoms. The smallest absolute Gasteiger partial charge is 0.0459 e. The van der Waals surface area contributed by atoms with E-state index < -0.39 is 0 Å². The second-order valence-corrected chi connectivity index (χ2v) is 4.06. The molecule has 1 aromatic heterocycles. The van der Waals surface area contributed by atoms with E-state index in [9.17, 15) is 0 Å². The monoisotopic (exact) mass is 216 g/mol. The SMILES string of the molecule is CC.Cc1ccc2[nH]c3c(c2c1)CNCC3. The summed E-state index contributed by atoms with van der Waals surface area (Å²) < 4.78 is 0. The van der Waals surface area contributed by atoms with E-state index in [1.165, 1.54) is 27.7 Å². The molecule has 2 aromatic rings. The largest absolute Gasteiger partial charge is 0.358 e. The van der Waals surface area contributed by atoms with Gasteiger partial charge in [0.1, 0.15) is 0 Å². The lowest BCUT2D eigenvalue weighted by atomic mass is 10.0. The predicted molar refractivity (Wildman–Crippen MR) is 69.8 cm³/mol. The average Bonchev–Trinajstić information content (AvgIpc) is 2.70. The Bertz CT molecular complexity index is 483. The summed E-state index contributed by atoms with van der Waals surface area (Å²) in [7, 11) is 0. The number of H-pyrrole nitrogens is 1. The summed E-state index contributed by atoms with van der Waals surface area (Å²) in [4.78, 5) is 3.50. The number of hydrogen-bond donors (Lipinski definition) is 2. The Morgan fingerprint density at radius 2 is 2.00 bits per heavy atom. The Morgan fingerprint density at radius 1 is 1.19 bits per heavy atom. The van der Waals surface area contributed by atoms with Gasteiger partial charge in [0, 0.05) is 36.1 Å². The summed E-state index contributed by atoms with van der Waals surface area (Å²) in [5, 5.41) is 4.81. The van der Waals surface area contributed by atoms with E-state index in [0.29, 0.717) is 0 Å². The van der Waals surface area contributed by atoms with Crippen molar-refractivity contribution in [1.82, 2.24) is 10.3 Å². The van der Waals surface area contributed by atoms with Gasteiger partial charge in [0.2, 0.25) is 0 Å². The van der Waals surface area contributed by atoms with Crippen LogP contribution in [-0.4, -0.2) is 11.5 Å². The van der Waals surface area contributed by atoms with E-state index in [4.69, 9.17) is 0 Å². The first-order chi connectivity index (χ1) is 7.84. The molecule has 2 heterocycles. The summed E-state index contributed by atoms with van der Waals surface area (Å²) >= 11 is 0. The normalized spacial score (nSPS) is 14.2. The summed E-state index contributed by atoms with van der Waals surface area (Å²) in [6, 6.07) is 6.62. The van der Waals surface area contributed by atoms with Crippen LogP contribution >= 0.6 is 0 Å². The van der Waals surface area contributed by atoms with Gasteiger partial charge in [-0.3, -0.25) is 0 Å². The lowest BCUT2D eigenvalue weighted by Gasteiger charge is -2.12. The van der Waals surface area contributed by atoms with E-state index in [1.54, 1.807) is 0 Å². The van der Waals surface area contributed by atoms with E-state index in [0.717, 1.165) is 19.5 Å². The van der Waals surface area contributed by atoms with Crippen LogP contribution in [0.3, 0.4) is 0 Å². The summed E-state index contributed by atoms with van der Waals surface area (Å²) in [6.07, 6.45) is 1.13. The minimum absolute atomic E-state index is 1.01. The zero-order chi connectivity index (χ0) is 11.5. The number of aromatic nitrogens is 1. The molecule has 2 nitrogen and oxygen atoms in total. The van der Waals surface area contributed by atoms with Crippen molar-refractivity contribution in [3.8, 4) is 0 Å². The fourth-order valence-electron chi connectivity index (χ4n) is 2.26. The number of hydrogen-bond acceptors (Lipinski definition) is 1. The topological polar surface area (TPSA) is 27.8 Å². The van der Waals surface area contributed by atoms with Gasteiger partial charge in [-0.15, -0.1) is 0 Å². The molecule has 0 saturated carbocycles. The van der Waals surface area contributed by atoms with Crippen LogP contribution < -0.4 is 5.32 Å². The van der Waals surface area contributed by atoms with Gasteiger partial charge in [0.05, 0.1) is 0 Å². The number of rotatable bonds is 0. The maximum absolute atomic E-state index is 3.50. The molecular formula is C14H20N2. The van der Waals surface area contributed by atoms with Crippen LogP contribution in [0, 0.1) is 6.92 Å². The molecule has 2 N–H and O–H groups in total. The second-order valence-electron chi connectivity index (χ2n) is 4.06. The number of benzene rings is 1. The third kappa shape index (κ3) is 1.85. The van der Waals surface area contributed by atoms with Crippen molar-refractivity contribution < 1.29 is 0 Å². The fourth-order valence-corrected chi connectivity index (χ4v) is 2.26. The van der Waals surface area contributed by atoms with E-state index in [2.05, 4.69) is 35.4 Å². The zero-order valence-corrected chi connectivity index (χ0v) is 10.4. The molecule has 0 aliphatic carbocycles. The molecule has 1 aliphatic rings. The second kappa shape index (κ2) is 4.71. The number of aryl methyl sites for hydroxylation is 1. The van der Waals surface area contributed by atoms with Gasteiger partial charge >= 0.3 is 0 Å². The molecule has 0 bridgehead atoms. The molecule has 1 aliphatic heterocycles. The van der Waals surface area contributed by atoms with Gasteiger partial charge in [-0.1, -0.05) is 25.5 Å². The first-order valence-corrected chi connectivity index (χ1v) is 6.15. The first-order valence-electron chi connectivity index (χ1n) is 6.15. The standard InChI is InChI=1S/C12H14N2.C2H6/c1-8-2-3-11-9(6-8)10-7-13-5-4-12(10)14-11;1-2/h2-3,6,13-14H,4-5,7H2,1H3;1-2H3. The maximum Gasteiger partial charge on any atom is 0.0459 e. The summed E-state index contributed by atoms with van der Waals surface area (Å²) in [5.41, 5.74) is 5.51. The first kappa shape index (κ1) is 11.2. The molecule has 0 unspecified atom stereocenters. The molecule has 2 heteroatoms.